The van der Waals surface area contributed by atoms with Gasteiger partial charge >= 0.3 is 0 Å². The first-order chi connectivity index (χ1) is 13.8. The number of carbonyl (C=O) groups is 2. The Morgan fingerprint density at radius 2 is 2.14 bits per heavy atom. The lowest BCUT2D eigenvalue weighted by atomic mass is 9.99. The van der Waals surface area contributed by atoms with E-state index < -0.39 is 11.6 Å². The molecule has 1 aromatic heterocycles. The molecule has 2 atom stereocenters. The quantitative estimate of drug-likeness (QED) is 0.730. The van der Waals surface area contributed by atoms with Crippen molar-refractivity contribution < 1.29 is 28.9 Å². The number of carbonyl (C=O) groups excluding carboxylic acids is 1. The largest absolute Gasteiger partial charge is 0.505 e. The van der Waals surface area contributed by atoms with Crippen LogP contribution in [-0.4, -0.2) is 82.1 Å². The fourth-order valence-electron chi connectivity index (χ4n) is 3.27. The molecule has 2 heterocycles. The summed E-state index contributed by atoms with van der Waals surface area (Å²) in [5.74, 6) is -1.56. The number of aromatic nitrogens is 2. The van der Waals surface area contributed by atoms with Crippen molar-refractivity contribution in [3.63, 3.8) is 0 Å². The lowest BCUT2D eigenvalue weighted by molar-refractivity contribution is -0.122. The molecule has 0 unspecified atom stereocenters. The Morgan fingerprint density at radius 1 is 1.45 bits per heavy atom. The van der Waals surface area contributed by atoms with Gasteiger partial charge in [0, 0.05) is 37.5 Å². The number of hydrogen-bond donors (Lipinski definition) is 2. The molecule has 29 heavy (non-hydrogen) atoms. The first kappa shape index (κ1) is 22.3. The van der Waals surface area contributed by atoms with Crippen molar-refractivity contribution in [2.24, 2.45) is 7.05 Å². The van der Waals surface area contributed by atoms with Crippen LogP contribution in [0.4, 0.5) is 4.39 Å². The average Bonchev–Trinajstić information content (AvgIpc) is 3.09. The number of amides is 1. The number of phenols is 1. The molecule has 0 saturated carbocycles. The van der Waals surface area contributed by atoms with Crippen molar-refractivity contribution >= 4 is 12.4 Å². The number of benzene rings is 1. The summed E-state index contributed by atoms with van der Waals surface area (Å²) in [4.78, 5) is 25.2. The summed E-state index contributed by atoms with van der Waals surface area (Å²) in [5, 5.41) is 20.7. The summed E-state index contributed by atoms with van der Waals surface area (Å²) in [6.07, 6.45) is 3.37. The van der Waals surface area contributed by atoms with Crippen LogP contribution in [0, 0.1) is 5.82 Å². The van der Waals surface area contributed by atoms with Crippen LogP contribution in [0.25, 0.3) is 0 Å². The van der Waals surface area contributed by atoms with Gasteiger partial charge in [-0.15, -0.1) is 0 Å². The molecular weight excluding hydrogens is 383 g/mol. The van der Waals surface area contributed by atoms with Gasteiger partial charge in [-0.05, 0) is 32.3 Å². The Balaban J connectivity index is 0.000000941. The van der Waals surface area contributed by atoms with Crippen LogP contribution < -0.4 is 0 Å². The predicted octanol–water partition coefficient (Wildman–Crippen LogP) is 1.11. The number of aromatic hydroxyl groups is 1. The summed E-state index contributed by atoms with van der Waals surface area (Å²) in [6, 6.07) is 3.32. The number of rotatable bonds is 4. The highest BCUT2D eigenvalue weighted by Gasteiger charge is 2.37. The standard InChI is InChI=1S/C18H23FN4O3.CH2O2/c1-21(2)11-16-17(13-9-20-22(3)10-13)23(6-7-26-16)18(25)12-4-5-14(19)15(24)8-12;2-1-3/h4-5,8-10,16-17,24H,6-7,11H2,1-3H3;1H,(H,2,3)/t16-,17-;/m0./s1. The molecular formula is C19H25FN4O5. The van der Waals surface area contributed by atoms with Crippen LogP contribution >= 0.6 is 0 Å². The number of nitrogens with zero attached hydrogens (tertiary/aromatic N) is 4. The zero-order valence-corrected chi connectivity index (χ0v) is 16.5. The van der Waals surface area contributed by atoms with Crippen LogP contribution in [0.2, 0.25) is 0 Å². The van der Waals surface area contributed by atoms with Crippen LogP contribution in [0.5, 0.6) is 5.75 Å². The highest BCUT2D eigenvalue weighted by atomic mass is 19.1. The normalized spacial score (nSPS) is 18.9. The lowest BCUT2D eigenvalue weighted by Gasteiger charge is -2.41. The van der Waals surface area contributed by atoms with Crippen molar-refractivity contribution in [2.45, 2.75) is 12.1 Å². The number of ether oxygens (including phenoxy) is 1. The molecule has 2 N–H and O–H groups in total. The SMILES string of the molecule is CN(C)C[C@@H]1OCCN(C(=O)c2ccc(F)c(O)c2)[C@H]1c1cnn(C)c1.O=CO. The van der Waals surface area contributed by atoms with E-state index >= 15 is 0 Å². The molecule has 0 aliphatic carbocycles. The summed E-state index contributed by atoms with van der Waals surface area (Å²) in [6.45, 7) is 1.20. The third kappa shape index (κ3) is 5.52. The van der Waals surface area contributed by atoms with Gasteiger partial charge in [0.1, 0.15) is 0 Å². The third-order valence-corrected chi connectivity index (χ3v) is 4.42. The van der Waals surface area contributed by atoms with Crippen molar-refractivity contribution in [3.05, 3.63) is 47.5 Å². The van der Waals surface area contributed by atoms with Gasteiger partial charge in [-0.2, -0.15) is 5.10 Å². The Morgan fingerprint density at radius 3 is 2.69 bits per heavy atom. The number of aryl methyl sites for hydroxylation is 1. The Labute approximate surface area is 167 Å². The topological polar surface area (TPSA) is 108 Å². The molecule has 158 valence electrons. The molecule has 1 aliphatic rings. The van der Waals surface area contributed by atoms with E-state index in [1.807, 2.05) is 32.2 Å². The highest BCUT2D eigenvalue weighted by molar-refractivity contribution is 5.95. The van der Waals surface area contributed by atoms with Crippen LogP contribution in [-0.2, 0) is 16.6 Å². The zero-order chi connectivity index (χ0) is 21.6. The molecule has 3 rings (SSSR count). The van der Waals surface area contributed by atoms with E-state index in [1.165, 1.54) is 6.07 Å². The van der Waals surface area contributed by atoms with Gasteiger partial charge in [0.25, 0.3) is 12.4 Å². The van der Waals surface area contributed by atoms with Crippen LogP contribution in [0.15, 0.2) is 30.6 Å². The maximum atomic E-state index is 13.3. The molecule has 1 amide bonds. The number of halogens is 1. The number of likely N-dealkylation sites (N-methyl/N-ethyl adjacent to an activating group) is 1. The van der Waals surface area contributed by atoms with Crippen molar-refractivity contribution in [1.29, 1.82) is 0 Å². The van der Waals surface area contributed by atoms with Gasteiger partial charge in [-0.25, -0.2) is 4.39 Å². The van der Waals surface area contributed by atoms with Gasteiger partial charge in [0.2, 0.25) is 0 Å². The van der Waals surface area contributed by atoms with E-state index in [0.29, 0.717) is 19.7 Å². The van der Waals surface area contributed by atoms with Gasteiger partial charge < -0.3 is 24.7 Å². The Bertz CT molecular complexity index is 842. The molecule has 1 fully saturated rings. The predicted molar refractivity (Wildman–Crippen MR) is 102 cm³/mol. The molecule has 1 aliphatic heterocycles. The third-order valence-electron chi connectivity index (χ3n) is 4.42. The van der Waals surface area contributed by atoms with Crippen molar-refractivity contribution in [2.75, 3.05) is 33.8 Å². The minimum atomic E-state index is -0.752. The smallest absolute Gasteiger partial charge is 0.290 e. The second kappa shape index (κ2) is 9.99. The minimum Gasteiger partial charge on any atom is -0.505 e. The van der Waals surface area contributed by atoms with Crippen molar-refractivity contribution in [3.8, 4) is 5.75 Å². The van der Waals surface area contributed by atoms with Gasteiger partial charge in [-0.3, -0.25) is 14.3 Å². The molecule has 9 nitrogen and oxygen atoms in total. The highest BCUT2D eigenvalue weighted by Crippen LogP contribution is 2.31. The maximum absolute atomic E-state index is 13.3. The first-order valence-electron chi connectivity index (χ1n) is 8.90. The molecule has 1 aromatic carbocycles. The van der Waals surface area contributed by atoms with E-state index in [0.717, 1.165) is 17.7 Å². The molecule has 1 saturated heterocycles. The van der Waals surface area contributed by atoms with Crippen LogP contribution in [0.1, 0.15) is 22.0 Å². The molecule has 2 aromatic rings. The first-order valence-corrected chi connectivity index (χ1v) is 8.90. The molecule has 0 bridgehead atoms. The van der Waals surface area contributed by atoms with E-state index in [4.69, 9.17) is 14.6 Å². The van der Waals surface area contributed by atoms with E-state index in [9.17, 15) is 14.3 Å². The Kier molecular flexibility index (Phi) is 7.68. The summed E-state index contributed by atoms with van der Waals surface area (Å²) >= 11 is 0. The fraction of sp³-hybridized carbons (Fsp3) is 0.421. The number of phenolic OH excluding ortho intramolecular Hbond substituents is 1. The maximum Gasteiger partial charge on any atom is 0.290 e. The van der Waals surface area contributed by atoms with E-state index in [-0.39, 0.29) is 30.1 Å². The molecule has 10 heteroatoms. The minimum absolute atomic E-state index is 0.221. The van der Waals surface area contributed by atoms with E-state index in [1.54, 1.807) is 15.8 Å². The van der Waals surface area contributed by atoms with Crippen LogP contribution in [0.3, 0.4) is 0 Å². The number of morpholine rings is 1. The molecule has 0 spiro atoms. The van der Waals surface area contributed by atoms with Crippen molar-refractivity contribution in [1.82, 2.24) is 19.6 Å². The van der Waals surface area contributed by atoms with E-state index in [2.05, 4.69) is 5.10 Å². The number of carboxylic acid groups (broad SMARTS) is 1. The van der Waals surface area contributed by atoms with Gasteiger partial charge in [-0.1, -0.05) is 0 Å². The second-order valence-corrected chi connectivity index (χ2v) is 6.83. The summed E-state index contributed by atoms with van der Waals surface area (Å²) in [7, 11) is 5.71. The van der Waals surface area contributed by atoms with Gasteiger partial charge in [0.05, 0.1) is 24.9 Å². The molecule has 0 radical (unpaired) electrons. The zero-order valence-electron chi connectivity index (χ0n) is 16.5. The summed E-state index contributed by atoms with van der Waals surface area (Å²) < 4.78 is 21.0. The lowest BCUT2D eigenvalue weighted by Crippen LogP contribution is -2.51. The Hall–Kier alpha value is -2.98. The average molecular weight is 408 g/mol. The fourth-order valence-corrected chi connectivity index (χ4v) is 3.27. The number of hydrogen-bond acceptors (Lipinski definition) is 6. The monoisotopic (exact) mass is 408 g/mol. The summed E-state index contributed by atoms with van der Waals surface area (Å²) in [5.41, 5.74) is 1.11. The van der Waals surface area contributed by atoms with Gasteiger partial charge in [0.15, 0.2) is 11.6 Å². The second-order valence-electron chi connectivity index (χ2n) is 6.83.